The van der Waals surface area contributed by atoms with E-state index in [1.54, 1.807) is 0 Å². The summed E-state index contributed by atoms with van der Waals surface area (Å²) in [4.78, 5) is 36.9. The van der Waals surface area contributed by atoms with Crippen LogP contribution in [0.15, 0.2) is 48.5 Å². The average molecular weight is 449 g/mol. The van der Waals surface area contributed by atoms with E-state index in [4.69, 9.17) is 4.74 Å². The van der Waals surface area contributed by atoms with Crippen LogP contribution in [0.25, 0.3) is 11.1 Å². The van der Waals surface area contributed by atoms with Gasteiger partial charge in [0.05, 0.1) is 5.92 Å². The Morgan fingerprint density at radius 1 is 0.970 bits per heavy atom. The molecule has 0 aromatic heterocycles. The number of hydrogen-bond donors (Lipinski definition) is 3. The molecule has 2 saturated carbocycles. The molecule has 0 bridgehead atoms. The van der Waals surface area contributed by atoms with Gasteiger partial charge in [-0.2, -0.15) is 0 Å². The van der Waals surface area contributed by atoms with Gasteiger partial charge in [0.1, 0.15) is 12.1 Å². The van der Waals surface area contributed by atoms with Crippen molar-refractivity contribution in [3.8, 4) is 11.1 Å². The van der Waals surface area contributed by atoms with Crippen molar-refractivity contribution in [2.24, 2.45) is 5.92 Å². The zero-order valence-electron chi connectivity index (χ0n) is 18.4. The fraction of sp³-hybridized carbons (Fsp3) is 0.423. The maximum atomic E-state index is 13.0. The lowest BCUT2D eigenvalue weighted by molar-refractivity contribution is -0.141. The third-order valence-corrected chi connectivity index (χ3v) is 7.44. The highest BCUT2D eigenvalue weighted by Gasteiger charge is 2.47. The normalized spacial score (nSPS) is 22.5. The van der Waals surface area contributed by atoms with Crippen LogP contribution >= 0.6 is 0 Å². The van der Waals surface area contributed by atoms with Gasteiger partial charge >= 0.3 is 12.1 Å². The number of alkyl carbamates (subject to hydrolysis) is 1. The van der Waals surface area contributed by atoms with E-state index in [1.807, 2.05) is 24.3 Å². The lowest BCUT2D eigenvalue weighted by atomic mass is 9.76. The number of benzene rings is 2. The molecule has 3 aliphatic rings. The van der Waals surface area contributed by atoms with Crippen LogP contribution in [0.3, 0.4) is 0 Å². The fourth-order valence-corrected chi connectivity index (χ4v) is 5.43. The molecule has 33 heavy (non-hydrogen) atoms. The van der Waals surface area contributed by atoms with Gasteiger partial charge in [-0.25, -0.2) is 4.79 Å². The van der Waals surface area contributed by atoms with Crippen LogP contribution in [0.5, 0.6) is 0 Å². The molecule has 2 atom stereocenters. The van der Waals surface area contributed by atoms with Gasteiger partial charge in [-0.05, 0) is 60.8 Å². The SMILES string of the molecule is O=C(NC1(C(=O)N[C@@H]2CC[C@H](C(=O)O)C2)CCC1)OCC1c2ccccc2-c2ccccc21. The van der Waals surface area contributed by atoms with Crippen molar-refractivity contribution in [2.75, 3.05) is 6.61 Å². The average Bonchev–Trinajstić information content (AvgIpc) is 3.38. The summed E-state index contributed by atoms with van der Waals surface area (Å²) in [5, 5.41) is 15.0. The van der Waals surface area contributed by atoms with Gasteiger partial charge in [0, 0.05) is 12.0 Å². The van der Waals surface area contributed by atoms with Crippen molar-refractivity contribution >= 4 is 18.0 Å². The maximum Gasteiger partial charge on any atom is 0.408 e. The van der Waals surface area contributed by atoms with Crippen molar-refractivity contribution in [1.29, 1.82) is 0 Å². The molecule has 2 aromatic carbocycles. The number of amides is 2. The highest BCUT2D eigenvalue weighted by Crippen LogP contribution is 2.44. The molecule has 5 rings (SSSR count). The summed E-state index contributed by atoms with van der Waals surface area (Å²) in [5.74, 6) is -1.51. The Labute approximate surface area is 192 Å². The number of carbonyl (C=O) groups is 3. The number of carbonyl (C=O) groups excluding carboxylic acids is 2. The molecule has 3 aliphatic carbocycles. The van der Waals surface area contributed by atoms with Crippen molar-refractivity contribution in [1.82, 2.24) is 10.6 Å². The number of rotatable bonds is 6. The number of aliphatic carboxylic acids is 1. The minimum absolute atomic E-state index is 0.0410. The second-order valence-corrected chi connectivity index (χ2v) is 9.40. The van der Waals surface area contributed by atoms with E-state index in [1.165, 1.54) is 0 Å². The van der Waals surface area contributed by atoms with Gasteiger partial charge in [0.25, 0.3) is 0 Å². The van der Waals surface area contributed by atoms with E-state index >= 15 is 0 Å². The van der Waals surface area contributed by atoms with E-state index in [2.05, 4.69) is 34.9 Å². The third-order valence-electron chi connectivity index (χ3n) is 7.44. The molecule has 2 fully saturated rings. The molecule has 0 radical (unpaired) electrons. The molecule has 0 aliphatic heterocycles. The van der Waals surface area contributed by atoms with Crippen LogP contribution in [0.1, 0.15) is 55.6 Å². The minimum Gasteiger partial charge on any atom is -0.481 e. The summed E-state index contributed by atoms with van der Waals surface area (Å²) >= 11 is 0. The lowest BCUT2D eigenvalue weighted by Gasteiger charge is -2.41. The Hall–Kier alpha value is -3.35. The zero-order valence-corrected chi connectivity index (χ0v) is 18.4. The van der Waals surface area contributed by atoms with E-state index < -0.39 is 23.5 Å². The summed E-state index contributed by atoms with van der Waals surface area (Å²) in [6.07, 6.45) is 3.00. The molecular formula is C26H28N2O5. The molecule has 0 spiro atoms. The van der Waals surface area contributed by atoms with E-state index in [0.29, 0.717) is 32.1 Å². The maximum absolute atomic E-state index is 13.0. The topological polar surface area (TPSA) is 105 Å². The van der Waals surface area contributed by atoms with Crippen LogP contribution in [-0.4, -0.2) is 41.3 Å². The van der Waals surface area contributed by atoms with Crippen LogP contribution < -0.4 is 10.6 Å². The quantitative estimate of drug-likeness (QED) is 0.623. The third kappa shape index (κ3) is 3.96. The molecule has 172 valence electrons. The largest absolute Gasteiger partial charge is 0.481 e. The van der Waals surface area contributed by atoms with Crippen molar-refractivity contribution in [3.05, 3.63) is 59.7 Å². The second-order valence-electron chi connectivity index (χ2n) is 9.40. The van der Waals surface area contributed by atoms with Gasteiger partial charge in [-0.3, -0.25) is 9.59 Å². The first-order valence-corrected chi connectivity index (χ1v) is 11.6. The molecule has 2 amide bonds. The Bertz CT molecular complexity index is 1050. The first-order chi connectivity index (χ1) is 16.0. The molecule has 0 unspecified atom stereocenters. The highest BCUT2D eigenvalue weighted by atomic mass is 16.5. The van der Waals surface area contributed by atoms with Gasteiger partial charge in [-0.1, -0.05) is 48.5 Å². The molecule has 0 heterocycles. The summed E-state index contributed by atoms with van der Waals surface area (Å²) < 4.78 is 5.63. The van der Waals surface area contributed by atoms with Gasteiger partial charge in [-0.15, -0.1) is 0 Å². The Morgan fingerprint density at radius 2 is 1.61 bits per heavy atom. The second kappa shape index (κ2) is 8.54. The number of nitrogens with one attached hydrogen (secondary N) is 2. The number of carboxylic acids is 1. The highest BCUT2D eigenvalue weighted by molar-refractivity contribution is 5.91. The molecule has 7 heteroatoms. The van der Waals surface area contributed by atoms with Crippen molar-refractivity contribution in [3.63, 3.8) is 0 Å². The molecule has 2 aromatic rings. The number of hydrogen-bond acceptors (Lipinski definition) is 4. The van der Waals surface area contributed by atoms with Crippen molar-refractivity contribution < 1.29 is 24.2 Å². The van der Waals surface area contributed by atoms with Crippen LogP contribution in [0, 0.1) is 5.92 Å². The summed E-state index contributed by atoms with van der Waals surface area (Å²) in [5.41, 5.74) is 3.62. The van der Waals surface area contributed by atoms with E-state index in [0.717, 1.165) is 28.7 Å². The monoisotopic (exact) mass is 448 g/mol. The van der Waals surface area contributed by atoms with Gasteiger partial charge in [0.2, 0.25) is 5.91 Å². The number of ether oxygens (including phenoxy) is 1. The standard InChI is InChI=1S/C26H28N2O5/c29-23(30)16-10-11-17(14-16)27-24(31)26(12-5-13-26)28-25(32)33-15-22-20-8-3-1-6-18(20)19-7-2-4-9-21(19)22/h1-4,6-9,16-17,22H,5,10-15H2,(H,27,31)(H,28,32)(H,29,30)/t16-,17+/m0/s1. The summed E-state index contributed by atoms with van der Waals surface area (Å²) in [6, 6.07) is 16.1. The van der Waals surface area contributed by atoms with Crippen LogP contribution in [0.2, 0.25) is 0 Å². The van der Waals surface area contributed by atoms with E-state index in [9.17, 15) is 19.5 Å². The fourth-order valence-electron chi connectivity index (χ4n) is 5.43. The van der Waals surface area contributed by atoms with Crippen molar-refractivity contribution in [2.45, 2.75) is 56.0 Å². The minimum atomic E-state index is -0.968. The molecule has 0 saturated heterocycles. The molecular weight excluding hydrogens is 420 g/mol. The lowest BCUT2D eigenvalue weighted by Crippen LogP contribution is -2.64. The number of fused-ring (bicyclic) bond motifs is 3. The predicted octanol–water partition coefficient (Wildman–Crippen LogP) is 3.82. The van der Waals surface area contributed by atoms with Gasteiger partial charge in [0.15, 0.2) is 0 Å². The first-order valence-electron chi connectivity index (χ1n) is 11.6. The first kappa shape index (κ1) is 21.5. The smallest absolute Gasteiger partial charge is 0.408 e. The van der Waals surface area contributed by atoms with Crippen LogP contribution in [-0.2, 0) is 14.3 Å². The summed E-state index contributed by atoms with van der Waals surface area (Å²) in [6.45, 7) is 0.195. The summed E-state index contributed by atoms with van der Waals surface area (Å²) in [7, 11) is 0. The van der Waals surface area contributed by atoms with E-state index in [-0.39, 0.29) is 24.5 Å². The Balaban J connectivity index is 1.21. The number of carboxylic acid groups (broad SMARTS) is 1. The Morgan fingerprint density at radius 3 is 2.15 bits per heavy atom. The predicted molar refractivity (Wildman–Crippen MR) is 122 cm³/mol. The molecule has 7 nitrogen and oxygen atoms in total. The van der Waals surface area contributed by atoms with Gasteiger partial charge < -0.3 is 20.5 Å². The zero-order chi connectivity index (χ0) is 23.0. The Kier molecular flexibility index (Phi) is 5.56. The molecule has 3 N–H and O–H groups in total. The van der Waals surface area contributed by atoms with Crippen LogP contribution in [0.4, 0.5) is 4.79 Å².